The van der Waals surface area contributed by atoms with E-state index in [9.17, 15) is 4.39 Å². The smallest absolute Gasteiger partial charge is 0.165 e. The topological polar surface area (TPSA) is 47.6 Å². The third-order valence-corrected chi connectivity index (χ3v) is 3.42. The number of methoxy groups -OCH3 is 1. The molecule has 0 radical (unpaired) electrons. The third-order valence-electron chi connectivity index (χ3n) is 2.54. The molecule has 0 amide bonds. The van der Waals surface area contributed by atoms with E-state index in [1.807, 2.05) is 13.0 Å². The molecule has 0 aromatic heterocycles. The number of hydrogen-bond acceptors (Lipinski definition) is 3. The fraction of sp³-hybridized carbons (Fsp3) is 0.462. The van der Waals surface area contributed by atoms with Crippen LogP contribution in [0.3, 0.4) is 0 Å². The molecule has 0 saturated heterocycles. The highest BCUT2D eigenvalue weighted by Gasteiger charge is 2.05. The van der Waals surface area contributed by atoms with Gasteiger partial charge in [-0.15, -0.1) is 0 Å². The van der Waals surface area contributed by atoms with Crippen molar-refractivity contribution in [3.8, 4) is 5.75 Å². The van der Waals surface area contributed by atoms with Gasteiger partial charge in [0.2, 0.25) is 0 Å². The fourth-order valence-electron chi connectivity index (χ4n) is 1.30. The average Bonchev–Trinajstić information content (AvgIpc) is 2.36. The lowest BCUT2D eigenvalue weighted by atomic mass is 10.2. The van der Waals surface area contributed by atoms with Crippen molar-refractivity contribution in [1.82, 2.24) is 0 Å². The molecule has 100 valence electrons. The molecule has 1 rings (SSSR count). The largest absolute Gasteiger partial charge is 0.494 e. The SMILES string of the molecule is CC[C@H](C)N=C(N)SCc1ccc(OC)c(F)c1. The molecular formula is C13H19FN2OS. The van der Waals surface area contributed by atoms with E-state index in [1.54, 1.807) is 6.07 Å². The van der Waals surface area contributed by atoms with Crippen LogP contribution in [-0.4, -0.2) is 18.3 Å². The number of aliphatic imine (C=N–C) groups is 1. The lowest BCUT2D eigenvalue weighted by Gasteiger charge is -2.06. The maximum Gasteiger partial charge on any atom is 0.165 e. The predicted octanol–water partition coefficient (Wildman–Crippen LogP) is 3.18. The van der Waals surface area contributed by atoms with E-state index in [0.29, 0.717) is 10.9 Å². The zero-order valence-electron chi connectivity index (χ0n) is 10.9. The second-order valence-electron chi connectivity index (χ2n) is 3.98. The first-order valence-corrected chi connectivity index (χ1v) is 6.83. The number of thioether (sulfide) groups is 1. The number of halogens is 1. The number of ether oxygens (including phenoxy) is 1. The summed E-state index contributed by atoms with van der Waals surface area (Å²) < 4.78 is 18.3. The van der Waals surface area contributed by atoms with Crippen molar-refractivity contribution in [3.05, 3.63) is 29.6 Å². The van der Waals surface area contributed by atoms with Gasteiger partial charge in [-0.05, 0) is 31.0 Å². The summed E-state index contributed by atoms with van der Waals surface area (Å²) in [4.78, 5) is 4.31. The zero-order valence-corrected chi connectivity index (χ0v) is 11.8. The first kappa shape index (κ1) is 14.8. The van der Waals surface area contributed by atoms with E-state index in [1.165, 1.54) is 24.9 Å². The Labute approximate surface area is 112 Å². The van der Waals surface area contributed by atoms with E-state index in [2.05, 4.69) is 11.9 Å². The van der Waals surface area contributed by atoms with Gasteiger partial charge in [0, 0.05) is 11.8 Å². The molecule has 0 unspecified atom stereocenters. The summed E-state index contributed by atoms with van der Waals surface area (Å²) in [6.45, 7) is 4.07. The van der Waals surface area contributed by atoms with Gasteiger partial charge >= 0.3 is 0 Å². The molecule has 0 fully saturated rings. The monoisotopic (exact) mass is 270 g/mol. The van der Waals surface area contributed by atoms with Crippen molar-refractivity contribution < 1.29 is 9.13 Å². The molecule has 0 bridgehead atoms. The highest BCUT2D eigenvalue weighted by molar-refractivity contribution is 8.13. The Morgan fingerprint density at radius 1 is 1.56 bits per heavy atom. The van der Waals surface area contributed by atoms with Gasteiger partial charge in [-0.3, -0.25) is 4.99 Å². The minimum Gasteiger partial charge on any atom is -0.494 e. The minimum absolute atomic E-state index is 0.227. The van der Waals surface area contributed by atoms with Crippen LogP contribution in [-0.2, 0) is 5.75 Å². The molecule has 0 saturated carbocycles. The first-order chi connectivity index (χ1) is 8.56. The summed E-state index contributed by atoms with van der Waals surface area (Å²) in [5, 5.41) is 0.542. The number of rotatable bonds is 5. The molecule has 1 aromatic carbocycles. The quantitative estimate of drug-likeness (QED) is 0.660. The molecule has 3 nitrogen and oxygen atoms in total. The molecule has 1 atom stereocenters. The lowest BCUT2D eigenvalue weighted by molar-refractivity contribution is 0.386. The molecule has 5 heteroatoms. The number of benzene rings is 1. The van der Waals surface area contributed by atoms with Gasteiger partial charge < -0.3 is 10.5 Å². The second-order valence-corrected chi connectivity index (χ2v) is 4.98. The summed E-state index contributed by atoms with van der Waals surface area (Å²) in [7, 11) is 1.45. The molecule has 18 heavy (non-hydrogen) atoms. The Morgan fingerprint density at radius 2 is 2.28 bits per heavy atom. The Kier molecular flexibility index (Phi) is 5.98. The predicted molar refractivity (Wildman–Crippen MR) is 75.6 cm³/mol. The summed E-state index contributed by atoms with van der Waals surface area (Å²) >= 11 is 1.42. The van der Waals surface area contributed by atoms with Crippen molar-refractivity contribution in [2.45, 2.75) is 32.1 Å². The minimum atomic E-state index is -0.354. The highest BCUT2D eigenvalue weighted by atomic mass is 32.2. The molecule has 0 aliphatic heterocycles. The standard InChI is InChI=1S/C13H19FN2OS/c1-4-9(2)16-13(15)18-8-10-5-6-12(17-3)11(14)7-10/h5-7,9H,4,8H2,1-3H3,(H2,15,16)/t9-/m0/s1. The van der Waals surface area contributed by atoms with Crippen LogP contribution < -0.4 is 10.5 Å². The van der Waals surface area contributed by atoms with Crippen LogP contribution in [0.25, 0.3) is 0 Å². The van der Waals surface area contributed by atoms with E-state index in [0.717, 1.165) is 12.0 Å². The molecule has 0 heterocycles. The van der Waals surface area contributed by atoms with Gasteiger partial charge in [-0.25, -0.2) is 4.39 Å². The van der Waals surface area contributed by atoms with Crippen molar-refractivity contribution in [3.63, 3.8) is 0 Å². The zero-order chi connectivity index (χ0) is 13.5. The number of nitrogens with two attached hydrogens (primary N) is 1. The van der Waals surface area contributed by atoms with Crippen LogP contribution in [0.1, 0.15) is 25.8 Å². The Bertz CT molecular complexity index is 423. The van der Waals surface area contributed by atoms with Gasteiger partial charge in [-0.2, -0.15) is 0 Å². The summed E-state index contributed by atoms with van der Waals surface area (Å²) in [5.41, 5.74) is 6.65. The van der Waals surface area contributed by atoms with Crippen molar-refractivity contribution >= 4 is 16.9 Å². The molecule has 2 N–H and O–H groups in total. The van der Waals surface area contributed by atoms with E-state index in [-0.39, 0.29) is 17.6 Å². The second kappa shape index (κ2) is 7.26. The maximum absolute atomic E-state index is 13.4. The molecule has 0 spiro atoms. The van der Waals surface area contributed by atoms with Gasteiger partial charge in [0.15, 0.2) is 16.7 Å². The van der Waals surface area contributed by atoms with Gasteiger partial charge in [0.25, 0.3) is 0 Å². The van der Waals surface area contributed by atoms with Crippen LogP contribution in [0, 0.1) is 5.82 Å². The molecule has 0 aliphatic rings. The lowest BCUT2D eigenvalue weighted by Crippen LogP contribution is -2.11. The van der Waals surface area contributed by atoms with Crippen LogP contribution in [0.15, 0.2) is 23.2 Å². The number of amidine groups is 1. The van der Waals surface area contributed by atoms with Crippen molar-refractivity contribution in [2.24, 2.45) is 10.7 Å². The average molecular weight is 270 g/mol. The Morgan fingerprint density at radius 3 is 2.83 bits per heavy atom. The fourth-order valence-corrected chi connectivity index (χ4v) is 2.05. The van der Waals surface area contributed by atoms with Crippen LogP contribution in [0.4, 0.5) is 4.39 Å². The van der Waals surface area contributed by atoms with Gasteiger partial charge in [-0.1, -0.05) is 24.8 Å². The van der Waals surface area contributed by atoms with Crippen LogP contribution in [0.2, 0.25) is 0 Å². The van der Waals surface area contributed by atoms with Gasteiger partial charge in [0.1, 0.15) is 0 Å². The van der Waals surface area contributed by atoms with E-state index < -0.39 is 0 Å². The van der Waals surface area contributed by atoms with Crippen LogP contribution in [0.5, 0.6) is 5.75 Å². The van der Waals surface area contributed by atoms with E-state index in [4.69, 9.17) is 10.5 Å². The van der Waals surface area contributed by atoms with Crippen molar-refractivity contribution in [1.29, 1.82) is 0 Å². The summed E-state index contributed by atoms with van der Waals surface area (Å²) in [5.74, 6) is 0.505. The molecule has 0 aliphatic carbocycles. The summed E-state index contributed by atoms with van der Waals surface area (Å²) in [6, 6.07) is 5.13. The summed E-state index contributed by atoms with van der Waals surface area (Å²) in [6.07, 6.45) is 0.957. The van der Waals surface area contributed by atoms with Gasteiger partial charge in [0.05, 0.1) is 7.11 Å². The van der Waals surface area contributed by atoms with Crippen molar-refractivity contribution in [2.75, 3.05) is 7.11 Å². The third kappa shape index (κ3) is 4.56. The normalized spacial score (nSPS) is 13.4. The molecular weight excluding hydrogens is 251 g/mol. The highest BCUT2D eigenvalue weighted by Crippen LogP contribution is 2.20. The Hall–Kier alpha value is -1.23. The number of nitrogens with zero attached hydrogens (tertiary/aromatic N) is 1. The first-order valence-electron chi connectivity index (χ1n) is 5.85. The maximum atomic E-state index is 13.4. The number of hydrogen-bond donors (Lipinski definition) is 1. The molecule has 1 aromatic rings. The van der Waals surface area contributed by atoms with E-state index >= 15 is 0 Å². The van der Waals surface area contributed by atoms with Crippen LogP contribution >= 0.6 is 11.8 Å². The Balaban J connectivity index is 2.58.